The molecule has 1 aliphatic heterocycles. The molecule has 1 saturated heterocycles. The Morgan fingerprint density at radius 1 is 1.18 bits per heavy atom. The minimum atomic E-state index is 0.541. The molecule has 100 valence electrons. The van der Waals surface area contributed by atoms with E-state index >= 15 is 0 Å². The fraction of sp³-hybridized carbons (Fsp3) is 1.00. The van der Waals surface area contributed by atoms with Gasteiger partial charge in [0, 0.05) is 18.6 Å². The molecule has 4 unspecified atom stereocenters. The van der Waals surface area contributed by atoms with Crippen LogP contribution in [0, 0.1) is 17.3 Å². The zero-order chi connectivity index (χ0) is 12.6. The summed E-state index contributed by atoms with van der Waals surface area (Å²) in [5.74, 6) is 1.59. The van der Waals surface area contributed by atoms with Gasteiger partial charge >= 0.3 is 0 Å². The van der Waals surface area contributed by atoms with Gasteiger partial charge in [0.2, 0.25) is 0 Å². The van der Waals surface area contributed by atoms with E-state index in [0.29, 0.717) is 5.41 Å². The SMILES string of the molecule is CC1CC(C)(C)CC1N1CC(CN)CCC1C. The molecule has 4 atom stereocenters. The Balaban J connectivity index is 2.05. The van der Waals surface area contributed by atoms with Crippen molar-refractivity contribution in [3.63, 3.8) is 0 Å². The Labute approximate surface area is 107 Å². The Morgan fingerprint density at radius 2 is 1.88 bits per heavy atom. The third-order valence-corrected chi connectivity index (χ3v) is 5.08. The van der Waals surface area contributed by atoms with Gasteiger partial charge in [-0.25, -0.2) is 0 Å². The summed E-state index contributed by atoms with van der Waals surface area (Å²) in [6.45, 7) is 11.8. The summed E-state index contributed by atoms with van der Waals surface area (Å²) < 4.78 is 0. The summed E-state index contributed by atoms with van der Waals surface area (Å²) in [5.41, 5.74) is 6.41. The normalized spacial score (nSPS) is 42.9. The van der Waals surface area contributed by atoms with Crippen LogP contribution in [-0.2, 0) is 0 Å². The summed E-state index contributed by atoms with van der Waals surface area (Å²) in [6, 6.07) is 1.56. The fourth-order valence-corrected chi connectivity index (χ4v) is 4.17. The van der Waals surface area contributed by atoms with E-state index in [1.165, 1.54) is 32.2 Å². The number of rotatable bonds is 2. The first-order valence-electron chi connectivity index (χ1n) is 7.39. The maximum Gasteiger partial charge on any atom is 0.0129 e. The van der Waals surface area contributed by atoms with Crippen LogP contribution in [0.4, 0.5) is 0 Å². The van der Waals surface area contributed by atoms with Crippen molar-refractivity contribution < 1.29 is 0 Å². The van der Waals surface area contributed by atoms with E-state index in [4.69, 9.17) is 5.73 Å². The summed E-state index contributed by atoms with van der Waals surface area (Å²) in [7, 11) is 0. The van der Waals surface area contributed by atoms with Crippen LogP contribution in [0.5, 0.6) is 0 Å². The van der Waals surface area contributed by atoms with Gasteiger partial charge in [0.05, 0.1) is 0 Å². The molecular weight excluding hydrogens is 208 g/mol. The molecule has 0 radical (unpaired) electrons. The van der Waals surface area contributed by atoms with Gasteiger partial charge in [0.15, 0.2) is 0 Å². The van der Waals surface area contributed by atoms with E-state index < -0.39 is 0 Å². The van der Waals surface area contributed by atoms with E-state index in [1.54, 1.807) is 0 Å². The first-order chi connectivity index (χ1) is 7.93. The zero-order valence-corrected chi connectivity index (χ0v) is 12.1. The molecule has 2 rings (SSSR count). The van der Waals surface area contributed by atoms with Crippen LogP contribution in [0.1, 0.15) is 53.4 Å². The van der Waals surface area contributed by atoms with E-state index in [-0.39, 0.29) is 0 Å². The quantitative estimate of drug-likeness (QED) is 0.801. The Kier molecular flexibility index (Phi) is 3.84. The number of hydrogen-bond acceptors (Lipinski definition) is 2. The van der Waals surface area contributed by atoms with Gasteiger partial charge in [-0.1, -0.05) is 20.8 Å². The molecule has 1 heterocycles. The third-order valence-electron chi connectivity index (χ3n) is 5.08. The molecular formula is C15H30N2. The molecule has 2 nitrogen and oxygen atoms in total. The minimum Gasteiger partial charge on any atom is -0.330 e. The molecule has 0 aromatic heterocycles. The molecule has 0 aromatic carbocycles. The van der Waals surface area contributed by atoms with Crippen molar-refractivity contribution in [1.29, 1.82) is 0 Å². The van der Waals surface area contributed by atoms with Crippen molar-refractivity contribution in [3.05, 3.63) is 0 Å². The predicted octanol–water partition coefficient (Wildman–Crippen LogP) is 2.87. The maximum absolute atomic E-state index is 5.87. The van der Waals surface area contributed by atoms with Gasteiger partial charge in [-0.3, -0.25) is 4.90 Å². The number of nitrogens with two attached hydrogens (primary N) is 1. The largest absolute Gasteiger partial charge is 0.330 e. The average molecular weight is 238 g/mol. The highest BCUT2D eigenvalue weighted by atomic mass is 15.2. The number of piperidine rings is 1. The summed E-state index contributed by atoms with van der Waals surface area (Å²) >= 11 is 0. The molecule has 0 amide bonds. The predicted molar refractivity (Wildman–Crippen MR) is 73.9 cm³/mol. The van der Waals surface area contributed by atoms with Crippen LogP contribution in [0.15, 0.2) is 0 Å². The second-order valence-corrected chi connectivity index (χ2v) is 7.34. The summed E-state index contributed by atoms with van der Waals surface area (Å²) in [6.07, 6.45) is 5.42. The molecule has 2 heteroatoms. The molecule has 2 fully saturated rings. The molecule has 1 aliphatic carbocycles. The minimum absolute atomic E-state index is 0.541. The lowest BCUT2D eigenvalue weighted by Gasteiger charge is -2.43. The van der Waals surface area contributed by atoms with Gasteiger partial charge in [-0.05, 0) is 56.4 Å². The van der Waals surface area contributed by atoms with Crippen LogP contribution >= 0.6 is 0 Å². The van der Waals surface area contributed by atoms with E-state index in [9.17, 15) is 0 Å². The van der Waals surface area contributed by atoms with Gasteiger partial charge < -0.3 is 5.73 Å². The standard InChI is InChI=1S/C15H30N2/c1-11-7-15(3,4)8-14(11)17-10-13(9-16)6-5-12(17)2/h11-14H,5-10,16H2,1-4H3. The van der Waals surface area contributed by atoms with Crippen molar-refractivity contribution in [3.8, 4) is 0 Å². The molecule has 17 heavy (non-hydrogen) atoms. The third kappa shape index (κ3) is 2.85. The van der Waals surface area contributed by atoms with Gasteiger partial charge in [0.25, 0.3) is 0 Å². The highest BCUT2D eigenvalue weighted by Crippen LogP contribution is 2.44. The van der Waals surface area contributed by atoms with Gasteiger partial charge in [-0.15, -0.1) is 0 Å². The number of likely N-dealkylation sites (tertiary alicyclic amines) is 1. The van der Waals surface area contributed by atoms with Crippen molar-refractivity contribution in [2.24, 2.45) is 23.0 Å². The molecule has 1 saturated carbocycles. The van der Waals surface area contributed by atoms with Crippen LogP contribution in [0.25, 0.3) is 0 Å². The van der Waals surface area contributed by atoms with Crippen LogP contribution in [0.3, 0.4) is 0 Å². The number of hydrogen-bond donors (Lipinski definition) is 1. The molecule has 0 aromatic rings. The topological polar surface area (TPSA) is 29.3 Å². The van der Waals surface area contributed by atoms with E-state index in [1.807, 2.05) is 0 Å². The second-order valence-electron chi connectivity index (χ2n) is 7.34. The Morgan fingerprint density at radius 3 is 2.41 bits per heavy atom. The van der Waals surface area contributed by atoms with E-state index in [0.717, 1.165) is 30.5 Å². The zero-order valence-electron chi connectivity index (χ0n) is 12.1. The average Bonchev–Trinajstić information content (AvgIpc) is 2.53. The summed E-state index contributed by atoms with van der Waals surface area (Å²) in [5, 5.41) is 0. The number of nitrogens with zero attached hydrogens (tertiary/aromatic N) is 1. The van der Waals surface area contributed by atoms with E-state index in [2.05, 4.69) is 32.6 Å². The van der Waals surface area contributed by atoms with Gasteiger partial charge in [-0.2, -0.15) is 0 Å². The van der Waals surface area contributed by atoms with Crippen molar-refractivity contribution in [2.45, 2.75) is 65.5 Å². The molecule has 2 aliphatic rings. The molecule has 0 spiro atoms. The molecule has 2 N–H and O–H groups in total. The first kappa shape index (κ1) is 13.4. The lowest BCUT2D eigenvalue weighted by atomic mass is 9.89. The lowest BCUT2D eigenvalue weighted by molar-refractivity contribution is 0.0564. The molecule has 0 bridgehead atoms. The summed E-state index contributed by atoms with van der Waals surface area (Å²) in [4.78, 5) is 2.78. The van der Waals surface area contributed by atoms with Crippen molar-refractivity contribution in [2.75, 3.05) is 13.1 Å². The monoisotopic (exact) mass is 238 g/mol. The maximum atomic E-state index is 5.87. The van der Waals surface area contributed by atoms with Gasteiger partial charge in [0.1, 0.15) is 0 Å². The highest BCUT2D eigenvalue weighted by molar-refractivity contribution is 4.95. The lowest BCUT2D eigenvalue weighted by Crippen LogP contribution is -2.50. The fourth-order valence-electron chi connectivity index (χ4n) is 4.17. The van der Waals surface area contributed by atoms with Crippen LogP contribution < -0.4 is 5.73 Å². The first-order valence-corrected chi connectivity index (χ1v) is 7.39. The van der Waals surface area contributed by atoms with Crippen molar-refractivity contribution in [1.82, 2.24) is 4.90 Å². The second kappa shape index (κ2) is 4.89. The van der Waals surface area contributed by atoms with Crippen LogP contribution in [-0.4, -0.2) is 30.1 Å². The van der Waals surface area contributed by atoms with Crippen LogP contribution in [0.2, 0.25) is 0 Å². The Hall–Kier alpha value is -0.0800. The highest BCUT2D eigenvalue weighted by Gasteiger charge is 2.42. The van der Waals surface area contributed by atoms with Crippen molar-refractivity contribution >= 4 is 0 Å². The Bertz CT molecular complexity index is 262. The smallest absolute Gasteiger partial charge is 0.0129 e.